The van der Waals surface area contributed by atoms with Crippen LogP contribution in [-0.4, -0.2) is 11.3 Å². The van der Waals surface area contributed by atoms with Crippen molar-refractivity contribution in [1.82, 2.24) is 4.98 Å². The van der Waals surface area contributed by atoms with Crippen molar-refractivity contribution in [3.63, 3.8) is 0 Å². The zero-order chi connectivity index (χ0) is 13.2. The van der Waals surface area contributed by atoms with E-state index in [2.05, 4.69) is 9.72 Å². The van der Waals surface area contributed by atoms with Crippen molar-refractivity contribution in [1.29, 1.82) is 0 Å². The van der Waals surface area contributed by atoms with Gasteiger partial charge in [0.1, 0.15) is 11.5 Å². The first-order valence-electron chi connectivity index (χ1n) is 4.03. The Kier molecular flexibility index (Phi) is 4.07. The van der Waals surface area contributed by atoms with Crippen LogP contribution in [0.15, 0.2) is 6.07 Å². The van der Waals surface area contributed by atoms with Crippen LogP contribution in [-0.2, 0) is 5.88 Å². The summed E-state index contributed by atoms with van der Waals surface area (Å²) in [5.74, 6) is -3.26. The Morgan fingerprint density at radius 3 is 2.35 bits per heavy atom. The van der Waals surface area contributed by atoms with E-state index in [0.717, 1.165) is 0 Å². The summed E-state index contributed by atoms with van der Waals surface area (Å²) < 4.78 is 76.5. The Bertz CT molecular complexity index is 408. The van der Waals surface area contributed by atoms with E-state index in [0.29, 0.717) is 0 Å². The van der Waals surface area contributed by atoms with E-state index in [4.69, 9.17) is 11.6 Å². The summed E-state index contributed by atoms with van der Waals surface area (Å²) in [7, 11) is 0. The maximum atomic E-state index is 13.1. The molecule has 0 aliphatic rings. The van der Waals surface area contributed by atoms with Crippen molar-refractivity contribution < 1.29 is 31.1 Å². The third kappa shape index (κ3) is 3.65. The van der Waals surface area contributed by atoms with Gasteiger partial charge in [-0.2, -0.15) is 0 Å². The number of ether oxygens (including phenoxy) is 1. The highest BCUT2D eigenvalue weighted by molar-refractivity contribution is 6.17. The van der Waals surface area contributed by atoms with Crippen molar-refractivity contribution in [3.05, 3.63) is 23.1 Å². The largest absolute Gasteiger partial charge is 0.574 e. The van der Waals surface area contributed by atoms with Gasteiger partial charge in [-0.1, -0.05) is 0 Å². The molecule has 1 aromatic rings. The molecule has 0 saturated carbocycles. The van der Waals surface area contributed by atoms with Gasteiger partial charge >= 0.3 is 6.36 Å². The standard InChI is InChI=1S/C8H4ClF6NO/c9-2-3-4(10)1-5(17-8(13,14)15)16-6(3)7(11)12/h1,7H,2H2. The minimum Gasteiger partial charge on any atom is -0.388 e. The minimum absolute atomic E-state index is 0.247. The number of rotatable bonds is 3. The lowest BCUT2D eigenvalue weighted by molar-refractivity contribution is -0.276. The SMILES string of the molecule is Fc1cc(OC(F)(F)F)nc(C(F)F)c1CCl. The summed E-state index contributed by atoms with van der Waals surface area (Å²) in [6.07, 6.45) is -8.39. The molecule has 0 fully saturated rings. The lowest BCUT2D eigenvalue weighted by Crippen LogP contribution is -2.19. The van der Waals surface area contributed by atoms with Crippen molar-refractivity contribution in [3.8, 4) is 5.88 Å². The predicted octanol–water partition coefficient (Wildman–Crippen LogP) is 3.80. The molecular formula is C8H4ClF6NO. The first kappa shape index (κ1) is 13.9. The van der Waals surface area contributed by atoms with Crippen LogP contribution in [0.1, 0.15) is 17.7 Å². The van der Waals surface area contributed by atoms with Crippen molar-refractivity contribution in [2.45, 2.75) is 18.7 Å². The molecule has 0 aromatic carbocycles. The highest BCUT2D eigenvalue weighted by Crippen LogP contribution is 2.29. The van der Waals surface area contributed by atoms with E-state index in [-0.39, 0.29) is 6.07 Å². The van der Waals surface area contributed by atoms with Crippen molar-refractivity contribution >= 4 is 11.6 Å². The molecule has 0 amide bonds. The molecule has 1 aromatic heterocycles. The Hall–Kier alpha value is -1.18. The molecule has 0 aliphatic carbocycles. The van der Waals surface area contributed by atoms with Crippen molar-refractivity contribution in [2.24, 2.45) is 0 Å². The van der Waals surface area contributed by atoms with Crippen LogP contribution in [0, 0.1) is 5.82 Å². The monoisotopic (exact) mass is 279 g/mol. The second-order valence-electron chi connectivity index (χ2n) is 2.79. The maximum absolute atomic E-state index is 13.1. The molecule has 0 N–H and O–H groups in total. The third-order valence-corrected chi connectivity index (χ3v) is 1.91. The lowest BCUT2D eigenvalue weighted by atomic mass is 10.2. The number of pyridine rings is 1. The second-order valence-corrected chi connectivity index (χ2v) is 3.06. The molecular weight excluding hydrogens is 276 g/mol. The molecule has 2 nitrogen and oxygen atoms in total. The summed E-state index contributed by atoms with van der Waals surface area (Å²) in [5, 5.41) is 0. The number of alkyl halides is 6. The van der Waals surface area contributed by atoms with Crippen molar-refractivity contribution in [2.75, 3.05) is 0 Å². The minimum atomic E-state index is -5.14. The fourth-order valence-electron chi connectivity index (χ4n) is 1.02. The van der Waals surface area contributed by atoms with Gasteiger partial charge in [-0.25, -0.2) is 18.2 Å². The highest BCUT2D eigenvalue weighted by atomic mass is 35.5. The van der Waals surface area contributed by atoms with E-state index >= 15 is 0 Å². The predicted molar refractivity (Wildman–Crippen MR) is 45.4 cm³/mol. The first-order valence-corrected chi connectivity index (χ1v) is 4.57. The molecule has 0 atom stereocenters. The van der Waals surface area contributed by atoms with E-state index in [1.165, 1.54) is 0 Å². The van der Waals surface area contributed by atoms with Crippen LogP contribution in [0.4, 0.5) is 26.3 Å². The van der Waals surface area contributed by atoms with Gasteiger partial charge in [0.2, 0.25) is 5.88 Å². The first-order chi connectivity index (χ1) is 7.74. The van der Waals surface area contributed by atoms with Crippen LogP contribution in [0.5, 0.6) is 5.88 Å². The Balaban J connectivity index is 3.20. The molecule has 9 heteroatoms. The fraction of sp³-hybridized carbons (Fsp3) is 0.375. The lowest BCUT2D eigenvalue weighted by Gasteiger charge is -2.11. The van der Waals surface area contributed by atoms with Crippen LogP contribution >= 0.6 is 11.6 Å². The second kappa shape index (κ2) is 4.99. The van der Waals surface area contributed by atoms with Gasteiger partial charge in [-0.15, -0.1) is 24.8 Å². The van der Waals surface area contributed by atoms with E-state index in [1.54, 1.807) is 0 Å². The number of aromatic nitrogens is 1. The molecule has 96 valence electrons. The van der Waals surface area contributed by atoms with Gasteiger partial charge < -0.3 is 4.74 Å². The molecule has 0 radical (unpaired) electrons. The topological polar surface area (TPSA) is 22.1 Å². The molecule has 0 saturated heterocycles. The van der Waals surface area contributed by atoms with Gasteiger partial charge in [0.25, 0.3) is 6.43 Å². The molecule has 1 rings (SSSR count). The molecule has 1 heterocycles. The third-order valence-electron chi connectivity index (χ3n) is 1.64. The van der Waals surface area contributed by atoms with Gasteiger partial charge in [0.05, 0.1) is 5.88 Å². The number of halogens is 7. The van der Waals surface area contributed by atoms with Crippen LogP contribution < -0.4 is 4.74 Å². The molecule has 0 spiro atoms. The van der Waals surface area contributed by atoms with Gasteiger partial charge in [0.15, 0.2) is 0 Å². The summed E-state index contributed by atoms with van der Waals surface area (Å²) in [6, 6.07) is 0.247. The summed E-state index contributed by atoms with van der Waals surface area (Å²) in [6.45, 7) is 0. The fourth-order valence-corrected chi connectivity index (χ4v) is 1.28. The summed E-state index contributed by atoms with van der Waals surface area (Å²) in [4.78, 5) is 2.87. The Labute approximate surface area is 96.2 Å². The molecule has 17 heavy (non-hydrogen) atoms. The van der Waals surface area contributed by atoms with E-state index < -0.39 is 41.6 Å². The summed E-state index contributed by atoms with van der Waals surface area (Å²) in [5.41, 5.74) is -1.82. The number of hydrogen-bond acceptors (Lipinski definition) is 2. The maximum Gasteiger partial charge on any atom is 0.574 e. The van der Waals surface area contributed by atoms with E-state index in [9.17, 15) is 26.3 Å². The zero-order valence-electron chi connectivity index (χ0n) is 7.86. The molecule has 0 unspecified atom stereocenters. The quantitative estimate of drug-likeness (QED) is 0.620. The van der Waals surface area contributed by atoms with E-state index in [1.807, 2.05) is 0 Å². The van der Waals surface area contributed by atoms with Crippen LogP contribution in [0.2, 0.25) is 0 Å². The molecule has 0 bridgehead atoms. The zero-order valence-corrected chi connectivity index (χ0v) is 8.62. The average molecular weight is 280 g/mol. The highest BCUT2D eigenvalue weighted by Gasteiger charge is 2.33. The Morgan fingerprint density at radius 2 is 1.94 bits per heavy atom. The molecule has 0 aliphatic heterocycles. The normalized spacial score (nSPS) is 12.0. The van der Waals surface area contributed by atoms with Crippen LogP contribution in [0.3, 0.4) is 0 Å². The Morgan fingerprint density at radius 1 is 1.35 bits per heavy atom. The van der Waals surface area contributed by atoms with Gasteiger partial charge in [0, 0.05) is 11.6 Å². The van der Waals surface area contributed by atoms with Gasteiger partial charge in [-0.3, -0.25) is 0 Å². The number of nitrogens with zero attached hydrogens (tertiary/aromatic N) is 1. The smallest absolute Gasteiger partial charge is 0.388 e. The average Bonchev–Trinajstić information content (AvgIpc) is 2.13. The number of hydrogen-bond donors (Lipinski definition) is 0. The summed E-state index contributed by atoms with van der Waals surface area (Å²) >= 11 is 5.19. The van der Waals surface area contributed by atoms with Crippen LogP contribution in [0.25, 0.3) is 0 Å². The van der Waals surface area contributed by atoms with Gasteiger partial charge in [-0.05, 0) is 0 Å².